The second kappa shape index (κ2) is 5.65. The van der Waals surface area contributed by atoms with Crippen LogP contribution in [0.5, 0.6) is 11.5 Å². The number of fused-ring (bicyclic) bond motifs is 2. The van der Waals surface area contributed by atoms with Crippen LogP contribution in [0.2, 0.25) is 0 Å². The molecule has 1 aromatic carbocycles. The number of phenols is 1. The summed E-state index contributed by atoms with van der Waals surface area (Å²) in [6, 6.07) is 4.72. The molecule has 3 rings (SSSR count). The molecule has 110 valence electrons. The zero-order valence-electron chi connectivity index (χ0n) is 12.6. The van der Waals surface area contributed by atoms with E-state index in [9.17, 15) is 5.11 Å². The average Bonchev–Trinajstić information content (AvgIpc) is 2.47. The minimum absolute atomic E-state index is 0.371. The number of likely N-dealkylation sites (tertiary alicyclic amines) is 1. The number of rotatable bonds is 3. The molecule has 2 atom stereocenters. The van der Waals surface area contributed by atoms with Crippen molar-refractivity contribution in [2.45, 2.75) is 45.1 Å². The summed E-state index contributed by atoms with van der Waals surface area (Å²) in [5.41, 5.74) is 2.44. The van der Waals surface area contributed by atoms with Crippen molar-refractivity contribution in [2.24, 2.45) is 5.92 Å². The van der Waals surface area contributed by atoms with E-state index in [2.05, 4.69) is 17.9 Å². The molecule has 1 N–H and O–H groups in total. The molecule has 1 heterocycles. The molecule has 0 saturated carbocycles. The number of benzene rings is 1. The molecule has 3 nitrogen and oxygen atoms in total. The Balaban J connectivity index is 1.90. The molecule has 0 bridgehead atoms. The molecule has 2 unspecified atom stereocenters. The Hall–Kier alpha value is -1.22. The summed E-state index contributed by atoms with van der Waals surface area (Å²) in [6.07, 6.45) is 5.90. The van der Waals surface area contributed by atoms with Crippen molar-refractivity contribution >= 4 is 0 Å². The quantitative estimate of drug-likeness (QED) is 0.920. The van der Waals surface area contributed by atoms with Gasteiger partial charge in [0.15, 0.2) is 11.5 Å². The summed E-state index contributed by atoms with van der Waals surface area (Å²) in [4.78, 5) is 2.67. The number of hydrogen-bond donors (Lipinski definition) is 1. The van der Waals surface area contributed by atoms with E-state index in [1.54, 1.807) is 7.11 Å². The van der Waals surface area contributed by atoms with Gasteiger partial charge in [0.2, 0.25) is 0 Å². The largest absolute Gasteiger partial charge is 0.504 e. The lowest BCUT2D eigenvalue weighted by molar-refractivity contribution is 0.0848. The molecular weight excluding hydrogens is 250 g/mol. The van der Waals surface area contributed by atoms with Crippen LogP contribution in [0.15, 0.2) is 12.1 Å². The highest BCUT2D eigenvalue weighted by Gasteiger charge is 2.36. The summed E-state index contributed by atoms with van der Waals surface area (Å²) in [7, 11) is 1.62. The third-order valence-electron chi connectivity index (χ3n) is 5.00. The van der Waals surface area contributed by atoms with Gasteiger partial charge in [-0.3, -0.25) is 4.90 Å². The summed E-state index contributed by atoms with van der Waals surface area (Å²) < 4.78 is 5.25. The van der Waals surface area contributed by atoms with Crippen molar-refractivity contribution in [2.75, 3.05) is 20.2 Å². The number of phenolic OH excluding ortho intramolecular Hbond substituents is 1. The average molecular weight is 275 g/mol. The van der Waals surface area contributed by atoms with Crippen LogP contribution < -0.4 is 4.74 Å². The van der Waals surface area contributed by atoms with Crippen LogP contribution in [-0.2, 0) is 12.8 Å². The lowest BCUT2D eigenvalue weighted by Crippen LogP contribution is -2.49. The highest BCUT2D eigenvalue weighted by Crippen LogP contribution is 2.41. The van der Waals surface area contributed by atoms with Crippen molar-refractivity contribution in [3.63, 3.8) is 0 Å². The molecule has 2 aliphatic rings. The molecular formula is C17H25NO2. The minimum atomic E-state index is 0.371. The van der Waals surface area contributed by atoms with E-state index >= 15 is 0 Å². The number of nitrogens with zero attached hydrogens (tertiary/aromatic N) is 1. The number of piperidine rings is 1. The van der Waals surface area contributed by atoms with Gasteiger partial charge in [0.1, 0.15) is 0 Å². The summed E-state index contributed by atoms with van der Waals surface area (Å²) >= 11 is 0. The Kier molecular flexibility index (Phi) is 3.88. The van der Waals surface area contributed by atoms with Crippen molar-refractivity contribution in [1.29, 1.82) is 0 Å². The topological polar surface area (TPSA) is 32.7 Å². The number of hydrogen-bond acceptors (Lipinski definition) is 3. The predicted octanol–water partition coefficient (Wildman–Crippen LogP) is 2.99. The van der Waals surface area contributed by atoms with E-state index in [1.807, 2.05) is 6.07 Å². The zero-order chi connectivity index (χ0) is 14.1. The predicted molar refractivity (Wildman–Crippen MR) is 80.4 cm³/mol. The monoisotopic (exact) mass is 275 g/mol. The molecule has 1 aliphatic heterocycles. The van der Waals surface area contributed by atoms with Gasteiger partial charge >= 0.3 is 0 Å². The first-order valence-corrected chi connectivity index (χ1v) is 7.86. The van der Waals surface area contributed by atoms with Gasteiger partial charge in [-0.15, -0.1) is 0 Å². The fourth-order valence-corrected chi connectivity index (χ4v) is 4.04. The molecule has 0 radical (unpaired) electrons. The van der Waals surface area contributed by atoms with Crippen molar-refractivity contribution in [3.8, 4) is 11.5 Å². The normalized spacial score (nSPS) is 25.9. The van der Waals surface area contributed by atoms with Crippen LogP contribution in [-0.4, -0.2) is 36.2 Å². The fraction of sp³-hybridized carbons (Fsp3) is 0.647. The maximum atomic E-state index is 10.4. The summed E-state index contributed by atoms with van der Waals surface area (Å²) in [6.45, 7) is 4.71. The second-order valence-electron chi connectivity index (χ2n) is 6.17. The van der Waals surface area contributed by atoms with Gasteiger partial charge in [0, 0.05) is 11.6 Å². The van der Waals surface area contributed by atoms with Gasteiger partial charge in [-0.1, -0.05) is 13.0 Å². The summed E-state index contributed by atoms with van der Waals surface area (Å²) in [5, 5.41) is 10.4. The Labute approximate surface area is 121 Å². The lowest BCUT2D eigenvalue weighted by atomic mass is 9.75. The Morgan fingerprint density at radius 1 is 1.35 bits per heavy atom. The zero-order valence-corrected chi connectivity index (χ0v) is 12.6. The van der Waals surface area contributed by atoms with Crippen LogP contribution >= 0.6 is 0 Å². The number of methoxy groups -OCH3 is 1. The van der Waals surface area contributed by atoms with E-state index in [0.717, 1.165) is 18.4 Å². The first-order chi connectivity index (χ1) is 9.74. The van der Waals surface area contributed by atoms with Crippen LogP contribution in [0.1, 0.15) is 37.3 Å². The Bertz CT molecular complexity index is 484. The molecule has 0 spiro atoms. The maximum absolute atomic E-state index is 10.4. The van der Waals surface area contributed by atoms with E-state index in [4.69, 9.17) is 4.74 Å². The minimum Gasteiger partial charge on any atom is -0.504 e. The first-order valence-electron chi connectivity index (χ1n) is 7.86. The highest BCUT2D eigenvalue weighted by molar-refractivity contribution is 5.51. The number of ether oxygens (including phenoxy) is 1. The number of aromatic hydroxyl groups is 1. The fourth-order valence-electron chi connectivity index (χ4n) is 4.04. The Morgan fingerprint density at radius 3 is 2.95 bits per heavy atom. The van der Waals surface area contributed by atoms with Gasteiger partial charge in [-0.05, 0) is 62.7 Å². The smallest absolute Gasteiger partial charge is 0.161 e. The van der Waals surface area contributed by atoms with Gasteiger partial charge in [0.05, 0.1) is 7.11 Å². The molecule has 1 fully saturated rings. The maximum Gasteiger partial charge on any atom is 0.161 e. The third-order valence-corrected chi connectivity index (χ3v) is 5.00. The molecule has 20 heavy (non-hydrogen) atoms. The van der Waals surface area contributed by atoms with Crippen LogP contribution in [0, 0.1) is 5.92 Å². The van der Waals surface area contributed by atoms with Crippen LogP contribution in [0.25, 0.3) is 0 Å². The van der Waals surface area contributed by atoms with Crippen LogP contribution in [0.4, 0.5) is 0 Å². The Morgan fingerprint density at radius 2 is 2.20 bits per heavy atom. The van der Waals surface area contributed by atoms with Crippen molar-refractivity contribution < 1.29 is 9.84 Å². The lowest BCUT2D eigenvalue weighted by Gasteiger charge is -2.44. The van der Waals surface area contributed by atoms with Crippen molar-refractivity contribution in [1.82, 2.24) is 4.90 Å². The van der Waals surface area contributed by atoms with E-state index in [1.165, 1.54) is 37.9 Å². The summed E-state index contributed by atoms with van der Waals surface area (Å²) in [5.74, 6) is 1.68. The van der Waals surface area contributed by atoms with E-state index in [0.29, 0.717) is 23.5 Å². The molecule has 1 aliphatic carbocycles. The van der Waals surface area contributed by atoms with Gasteiger partial charge in [-0.25, -0.2) is 0 Å². The molecule has 1 aromatic rings. The second-order valence-corrected chi connectivity index (χ2v) is 6.17. The first kappa shape index (κ1) is 13.7. The van der Waals surface area contributed by atoms with E-state index < -0.39 is 0 Å². The third kappa shape index (κ3) is 2.28. The molecule has 1 saturated heterocycles. The van der Waals surface area contributed by atoms with Gasteiger partial charge < -0.3 is 9.84 Å². The van der Waals surface area contributed by atoms with Gasteiger partial charge in [-0.2, -0.15) is 0 Å². The highest BCUT2D eigenvalue weighted by atomic mass is 16.5. The van der Waals surface area contributed by atoms with Gasteiger partial charge in [0.25, 0.3) is 0 Å². The molecule has 3 heteroatoms. The molecule has 0 aromatic heterocycles. The SMILES string of the molecule is CCCN1CCCC2Cc3c(ccc(OC)c3O)CC21. The standard InChI is InChI=1S/C17H25NO2/c1-3-8-18-9-4-5-13-10-14-12(11-15(13)18)6-7-16(20-2)17(14)19/h6-7,13,15,19H,3-5,8-11H2,1-2H3. The molecule has 0 amide bonds. The van der Waals surface area contributed by atoms with Crippen molar-refractivity contribution in [3.05, 3.63) is 23.3 Å². The van der Waals surface area contributed by atoms with Crippen LogP contribution in [0.3, 0.4) is 0 Å². The van der Waals surface area contributed by atoms with E-state index in [-0.39, 0.29) is 0 Å².